The molecule has 1 saturated heterocycles. The number of aliphatic hydroxyl groups excluding tert-OH is 1. The molecule has 0 bridgehead atoms. The summed E-state index contributed by atoms with van der Waals surface area (Å²) in [5.41, 5.74) is 3.71. The van der Waals surface area contributed by atoms with Crippen LogP contribution in [0.3, 0.4) is 0 Å². The van der Waals surface area contributed by atoms with E-state index in [2.05, 4.69) is 23.8 Å². The van der Waals surface area contributed by atoms with Crippen molar-refractivity contribution in [3.05, 3.63) is 17.0 Å². The van der Waals surface area contributed by atoms with Crippen molar-refractivity contribution >= 4 is 0 Å². The Balaban J connectivity index is 1.70. The van der Waals surface area contributed by atoms with Gasteiger partial charge in [0.2, 0.25) is 0 Å². The number of morpholine rings is 1. The molecule has 3 rings (SSSR count). The third-order valence-corrected chi connectivity index (χ3v) is 5.57. The number of aromatic nitrogens is 2. The molecule has 23 heavy (non-hydrogen) atoms. The van der Waals surface area contributed by atoms with Gasteiger partial charge in [-0.2, -0.15) is 5.10 Å². The molecule has 1 aliphatic carbocycles. The van der Waals surface area contributed by atoms with Crippen LogP contribution in [0.2, 0.25) is 0 Å². The van der Waals surface area contributed by atoms with Crippen molar-refractivity contribution in [1.82, 2.24) is 14.7 Å². The van der Waals surface area contributed by atoms with Gasteiger partial charge in [-0.25, -0.2) is 0 Å². The minimum atomic E-state index is 0.0949. The second-order valence-corrected chi connectivity index (χ2v) is 7.25. The Hall–Kier alpha value is -0.910. The summed E-state index contributed by atoms with van der Waals surface area (Å²) < 4.78 is 8.20. The van der Waals surface area contributed by atoms with Crippen molar-refractivity contribution in [2.24, 2.45) is 0 Å². The average Bonchev–Trinajstić information content (AvgIpc) is 2.70. The summed E-state index contributed by atoms with van der Waals surface area (Å²) in [6, 6.07) is 0. The highest BCUT2D eigenvalue weighted by Crippen LogP contribution is 2.34. The van der Waals surface area contributed by atoms with Crippen molar-refractivity contribution in [3.63, 3.8) is 0 Å². The molecular weight excluding hydrogens is 290 g/mol. The van der Waals surface area contributed by atoms with Gasteiger partial charge in [0, 0.05) is 30.9 Å². The van der Waals surface area contributed by atoms with E-state index in [0.29, 0.717) is 6.54 Å². The molecule has 5 nitrogen and oxygen atoms in total. The summed E-state index contributed by atoms with van der Waals surface area (Å²) in [6.45, 7) is 8.78. The Kier molecular flexibility index (Phi) is 5.39. The van der Waals surface area contributed by atoms with Gasteiger partial charge in [0.05, 0.1) is 31.1 Å². The first kappa shape index (κ1) is 16.9. The fraction of sp³-hybridized carbons (Fsp3) is 0.833. The first-order valence-electron chi connectivity index (χ1n) is 9.14. The molecule has 2 aliphatic rings. The number of hydrogen-bond donors (Lipinski definition) is 1. The molecule has 0 radical (unpaired) electrons. The zero-order valence-corrected chi connectivity index (χ0v) is 14.7. The number of nitrogens with zero attached hydrogens (tertiary/aromatic N) is 3. The molecule has 2 heterocycles. The van der Waals surface area contributed by atoms with E-state index in [1.165, 1.54) is 49.8 Å². The molecule has 0 aromatic carbocycles. The maximum Gasteiger partial charge on any atom is 0.0809 e. The summed E-state index contributed by atoms with van der Waals surface area (Å²) in [7, 11) is 0. The Morgan fingerprint density at radius 2 is 1.91 bits per heavy atom. The molecule has 130 valence electrons. The van der Waals surface area contributed by atoms with Gasteiger partial charge < -0.3 is 9.84 Å². The van der Waals surface area contributed by atoms with E-state index >= 15 is 0 Å². The van der Waals surface area contributed by atoms with Crippen LogP contribution in [0.15, 0.2) is 0 Å². The van der Waals surface area contributed by atoms with Crippen LogP contribution in [0.4, 0.5) is 0 Å². The molecular formula is C18H31N3O2. The van der Waals surface area contributed by atoms with E-state index in [1.54, 1.807) is 0 Å². The molecule has 0 atom stereocenters. The van der Waals surface area contributed by atoms with Crippen LogP contribution in [-0.2, 0) is 17.8 Å². The highest BCUT2D eigenvalue weighted by Gasteiger charge is 2.37. The number of aryl methyl sites for hydroxylation is 1. The van der Waals surface area contributed by atoms with E-state index in [1.807, 2.05) is 4.68 Å². The number of aliphatic hydroxyl groups is 1. The minimum absolute atomic E-state index is 0.0949. The van der Waals surface area contributed by atoms with E-state index < -0.39 is 0 Å². The van der Waals surface area contributed by atoms with Gasteiger partial charge in [0.25, 0.3) is 0 Å². The lowest BCUT2D eigenvalue weighted by Crippen LogP contribution is -2.51. The molecule has 1 aliphatic heterocycles. The van der Waals surface area contributed by atoms with Gasteiger partial charge in [-0.1, -0.05) is 25.7 Å². The van der Waals surface area contributed by atoms with E-state index in [9.17, 15) is 5.11 Å². The molecule has 1 spiro atoms. The zero-order chi connectivity index (χ0) is 16.3. The topological polar surface area (TPSA) is 50.5 Å². The summed E-state index contributed by atoms with van der Waals surface area (Å²) in [6.07, 6.45) is 7.76. The summed E-state index contributed by atoms with van der Waals surface area (Å²) in [5, 5.41) is 13.8. The van der Waals surface area contributed by atoms with Crippen LogP contribution in [0.1, 0.15) is 55.5 Å². The minimum Gasteiger partial charge on any atom is -0.394 e. The quantitative estimate of drug-likeness (QED) is 0.925. The summed E-state index contributed by atoms with van der Waals surface area (Å²) in [4.78, 5) is 2.55. The Morgan fingerprint density at radius 1 is 1.17 bits per heavy atom. The lowest BCUT2D eigenvalue weighted by atomic mass is 9.92. The van der Waals surface area contributed by atoms with Gasteiger partial charge in [0.1, 0.15) is 0 Å². The Labute approximate surface area is 139 Å². The van der Waals surface area contributed by atoms with Crippen molar-refractivity contribution in [2.45, 2.75) is 71.1 Å². The normalized spacial score (nSPS) is 22.4. The highest BCUT2D eigenvalue weighted by atomic mass is 16.5. The van der Waals surface area contributed by atoms with Gasteiger partial charge in [0.15, 0.2) is 0 Å². The first-order chi connectivity index (χ1) is 11.1. The zero-order valence-electron chi connectivity index (χ0n) is 14.7. The van der Waals surface area contributed by atoms with Crippen LogP contribution in [0.25, 0.3) is 0 Å². The van der Waals surface area contributed by atoms with E-state index in [-0.39, 0.29) is 12.2 Å². The lowest BCUT2D eigenvalue weighted by Gasteiger charge is -2.42. The Bertz CT molecular complexity index is 519. The monoisotopic (exact) mass is 321 g/mol. The molecule has 0 unspecified atom stereocenters. The van der Waals surface area contributed by atoms with Crippen molar-refractivity contribution in [2.75, 3.05) is 26.3 Å². The molecule has 1 saturated carbocycles. The SMILES string of the molecule is Cc1nn(CCO)c(C)c1CN1CCOC2(CCCCCC2)C1. The smallest absolute Gasteiger partial charge is 0.0809 e. The van der Waals surface area contributed by atoms with Crippen LogP contribution in [-0.4, -0.2) is 51.7 Å². The van der Waals surface area contributed by atoms with Crippen molar-refractivity contribution < 1.29 is 9.84 Å². The van der Waals surface area contributed by atoms with Gasteiger partial charge >= 0.3 is 0 Å². The van der Waals surface area contributed by atoms with E-state index in [0.717, 1.165) is 31.9 Å². The fourth-order valence-corrected chi connectivity index (χ4v) is 4.23. The first-order valence-corrected chi connectivity index (χ1v) is 9.14. The maximum absolute atomic E-state index is 9.17. The van der Waals surface area contributed by atoms with Crippen molar-refractivity contribution in [3.8, 4) is 0 Å². The van der Waals surface area contributed by atoms with Gasteiger partial charge in [-0.3, -0.25) is 9.58 Å². The third kappa shape index (κ3) is 3.78. The van der Waals surface area contributed by atoms with Gasteiger partial charge in [-0.15, -0.1) is 0 Å². The average molecular weight is 321 g/mol. The molecule has 1 aromatic heterocycles. The molecule has 1 N–H and O–H groups in total. The molecule has 1 aromatic rings. The standard InChI is InChI=1S/C18H31N3O2/c1-15-17(16(2)21(19-15)9-11-22)13-20-10-12-23-18(14-20)7-5-3-4-6-8-18/h22H,3-14H2,1-2H3. The fourth-order valence-electron chi connectivity index (χ4n) is 4.23. The van der Waals surface area contributed by atoms with Crippen molar-refractivity contribution in [1.29, 1.82) is 0 Å². The second-order valence-electron chi connectivity index (χ2n) is 7.25. The maximum atomic E-state index is 9.17. The number of ether oxygens (including phenoxy) is 1. The third-order valence-electron chi connectivity index (χ3n) is 5.57. The van der Waals surface area contributed by atoms with Crippen LogP contribution >= 0.6 is 0 Å². The van der Waals surface area contributed by atoms with Gasteiger partial charge in [-0.05, 0) is 26.7 Å². The Morgan fingerprint density at radius 3 is 2.61 bits per heavy atom. The van der Waals surface area contributed by atoms with Crippen LogP contribution < -0.4 is 0 Å². The lowest BCUT2D eigenvalue weighted by molar-refractivity contribution is -0.119. The predicted octanol–water partition coefficient (Wildman–Crippen LogP) is 2.42. The van der Waals surface area contributed by atoms with Crippen LogP contribution in [0, 0.1) is 13.8 Å². The molecule has 2 fully saturated rings. The molecule has 5 heteroatoms. The summed E-state index contributed by atoms with van der Waals surface area (Å²) in [5.74, 6) is 0. The second kappa shape index (κ2) is 7.32. The predicted molar refractivity (Wildman–Crippen MR) is 90.4 cm³/mol. The number of hydrogen-bond acceptors (Lipinski definition) is 4. The van der Waals surface area contributed by atoms with E-state index in [4.69, 9.17) is 4.74 Å². The van der Waals surface area contributed by atoms with Crippen LogP contribution in [0.5, 0.6) is 0 Å². The largest absolute Gasteiger partial charge is 0.394 e. The summed E-state index contributed by atoms with van der Waals surface area (Å²) >= 11 is 0. The molecule has 0 amide bonds. The number of rotatable bonds is 4. The highest BCUT2D eigenvalue weighted by molar-refractivity contribution is 5.24.